The van der Waals surface area contributed by atoms with E-state index in [-0.39, 0.29) is 83.5 Å². The highest BCUT2D eigenvalue weighted by molar-refractivity contribution is 8.00. The molecule has 8 unspecified atom stereocenters. The maximum Gasteiger partial charge on any atom is 0.178 e. The van der Waals surface area contributed by atoms with Crippen molar-refractivity contribution in [3.8, 4) is 0 Å². The van der Waals surface area contributed by atoms with Crippen LogP contribution in [0.25, 0.3) is 22.6 Å². The molecule has 4 aromatic carbocycles. The third kappa shape index (κ3) is 18.2. The average Bonchev–Trinajstić information content (AvgIpc) is 1.61. The second-order valence-electron chi connectivity index (χ2n) is 35.4. The number of benzene rings is 4. The van der Waals surface area contributed by atoms with E-state index in [2.05, 4.69) is 100 Å². The molecule has 12 aromatic rings. The van der Waals surface area contributed by atoms with E-state index in [0.29, 0.717) is 91.6 Å². The van der Waals surface area contributed by atoms with Gasteiger partial charge in [0.05, 0.1) is 129 Å². The highest BCUT2D eigenvalue weighted by Crippen LogP contribution is 2.52. The van der Waals surface area contributed by atoms with Crippen LogP contribution < -0.4 is 54.0 Å². The van der Waals surface area contributed by atoms with Crippen LogP contribution in [-0.4, -0.2) is 196 Å². The molecule has 16 heterocycles. The number of nitrogens with two attached hydrogens (primary N) is 6. The minimum absolute atomic E-state index is 0.0340. The first-order valence-corrected chi connectivity index (χ1v) is 49.8. The number of hydrogen-bond acceptors (Lipinski definition) is 28. The Bertz CT molecular complexity index is 6150. The van der Waals surface area contributed by atoms with Crippen molar-refractivity contribution in [2.24, 2.45) is 44.6 Å². The van der Waals surface area contributed by atoms with Crippen molar-refractivity contribution in [1.29, 1.82) is 0 Å². The summed E-state index contributed by atoms with van der Waals surface area (Å²) in [5.41, 5.74) is 45.2. The van der Waals surface area contributed by atoms with E-state index in [1.165, 1.54) is 47.0 Å². The Balaban J connectivity index is 0.000000121. The van der Waals surface area contributed by atoms with Gasteiger partial charge in [-0.3, -0.25) is 8.80 Å². The van der Waals surface area contributed by atoms with Crippen LogP contribution in [0.5, 0.6) is 0 Å². The maximum atomic E-state index is 10.3. The second kappa shape index (κ2) is 38.9. The first-order chi connectivity index (χ1) is 62.3. The number of nitrogen functional groups attached to an aromatic ring is 2. The molecular formula is C90H106Cl8N22O6S4. The zero-order valence-corrected chi connectivity index (χ0v) is 82.5. The molecule has 0 amide bonds. The molecule has 0 saturated carbocycles. The van der Waals surface area contributed by atoms with E-state index in [4.69, 9.17) is 151 Å². The second-order valence-corrected chi connectivity index (χ2v) is 42.8. The molecular weight excluding hydrogens is 1900 g/mol. The van der Waals surface area contributed by atoms with Crippen molar-refractivity contribution in [3.05, 3.63) is 172 Å². The van der Waals surface area contributed by atoms with Gasteiger partial charge in [0.1, 0.15) is 47.4 Å². The molecule has 8 atom stereocenters. The van der Waals surface area contributed by atoms with Gasteiger partial charge in [0.15, 0.2) is 28.4 Å². The van der Waals surface area contributed by atoms with Crippen molar-refractivity contribution in [2.45, 2.75) is 208 Å². The van der Waals surface area contributed by atoms with Crippen LogP contribution in [-0.2, 0) is 32.2 Å². The van der Waals surface area contributed by atoms with Crippen molar-refractivity contribution < 1.29 is 29.2 Å². The van der Waals surface area contributed by atoms with E-state index >= 15 is 0 Å². The summed E-state index contributed by atoms with van der Waals surface area (Å²) in [5.74, 6) is 6.51. The number of aryl methyl sites for hydroxylation is 4. The lowest BCUT2D eigenvalue weighted by Crippen LogP contribution is -2.51. The molecule has 8 aliphatic rings. The van der Waals surface area contributed by atoms with Gasteiger partial charge in [-0.2, -0.15) is 9.03 Å². The summed E-state index contributed by atoms with van der Waals surface area (Å²) >= 11 is 56.4. The van der Waals surface area contributed by atoms with Crippen LogP contribution in [0.3, 0.4) is 0 Å². The summed E-state index contributed by atoms with van der Waals surface area (Å²) in [6.45, 7) is 25.5. The zero-order valence-electron chi connectivity index (χ0n) is 73.2. The molecule has 8 fully saturated rings. The zero-order chi connectivity index (χ0) is 91.9. The number of fused-ring (bicyclic) bond motifs is 4. The van der Waals surface area contributed by atoms with E-state index in [1.54, 1.807) is 24.3 Å². The smallest absolute Gasteiger partial charge is 0.178 e. The number of aromatic nitrogens is 12. The van der Waals surface area contributed by atoms with Gasteiger partial charge < -0.3 is 83.2 Å². The number of aliphatic hydroxyl groups excluding tert-OH is 2. The molecule has 20 rings (SSSR count). The number of nitrogens with zero attached hydrogens (tertiary/aromatic N) is 16. The lowest BCUT2D eigenvalue weighted by atomic mass is 9.73. The van der Waals surface area contributed by atoms with Gasteiger partial charge in [0, 0.05) is 130 Å². The Hall–Kier alpha value is -6.52. The average molecular weight is 2000 g/mol. The maximum absolute atomic E-state index is 10.3. The van der Waals surface area contributed by atoms with Gasteiger partial charge in [0.25, 0.3) is 0 Å². The predicted octanol–water partition coefficient (Wildman–Crippen LogP) is 17.5. The standard InChI is InChI=1S/2C23H27Cl2N5O2S.2C22H26Cl2N6OS/c1-13-21(26)23(12-32-13)6-8-29(9-7-23)18-10-15(11-31)20(22-27-14(2)28-30(18)22)33-17-5-3-4-16(24)19(17)25;1-13-10-18(29-8-6-23(7-9-29)12-32-14(2)21(23)26)30-17(11-31)27-28-22(30)20(13)33-16-5-3-4-15(24)19(16)25;1-12-20(26)22(11-31-12)6-8-29(9-7-22)17-10-15(25)19(21-28-27-13(2)30(17)21)32-16-5-3-4-14(23)18(16)24;1-12-20(26)22(11-31-12)6-8-29(9-7-22)17-10-15(25)19(21-27-13(2)28-30(17)21)32-16-5-3-4-14(23)18(16)24/h3-5,10,13,21,31H,6-9,11-12,26H2,1-2H3;3-5,10,14,21,31H,6-9,11-12,26H2,1-2H3;2*3-5,10,12,20H,6-9,11,25-26H2,1-2H3. The summed E-state index contributed by atoms with van der Waals surface area (Å²) in [5, 5.41) is 51.1. The van der Waals surface area contributed by atoms with Gasteiger partial charge in [-0.25, -0.2) is 9.97 Å². The summed E-state index contributed by atoms with van der Waals surface area (Å²) in [4.78, 5) is 25.4. The molecule has 0 aliphatic carbocycles. The fourth-order valence-corrected chi connectivity index (χ4v) is 25.4. The molecule has 692 valence electrons. The highest BCUT2D eigenvalue weighted by atomic mass is 35.5. The van der Waals surface area contributed by atoms with Crippen LogP contribution in [0.15, 0.2) is 136 Å². The molecule has 8 aromatic heterocycles. The molecule has 4 spiro atoms. The first kappa shape index (κ1) is 95.2. The number of ether oxygens (including phenoxy) is 4. The molecule has 130 heavy (non-hydrogen) atoms. The Labute approximate surface area is 811 Å². The fourth-order valence-electron chi connectivity index (χ4n) is 19.5. The van der Waals surface area contributed by atoms with Crippen LogP contribution >= 0.6 is 140 Å². The number of anilines is 6. The molecule has 40 heteroatoms. The Kier molecular flexibility index (Phi) is 28.5. The lowest BCUT2D eigenvalue weighted by molar-refractivity contribution is 0.0973. The predicted molar refractivity (Wildman–Crippen MR) is 523 cm³/mol. The summed E-state index contributed by atoms with van der Waals surface area (Å²) in [6.07, 6.45) is 8.16. The summed E-state index contributed by atoms with van der Waals surface area (Å²) in [6, 6.07) is 30.6. The molecule has 0 radical (unpaired) electrons. The first-order valence-electron chi connectivity index (χ1n) is 43.5. The Morgan fingerprint density at radius 2 is 0.700 bits per heavy atom. The van der Waals surface area contributed by atoms with Crippen molar-refractivity contribution in [3.63, 3.8) is 0 Å². The van der Waals surface area contributed by atoms with E-state index in [9.17, 15) is 10.2 Å². The van der Waals surface area contributed by atoms with E-state index in [0.717, 1.165) is 210 Å². The number of hydrogen-bond donors (Lipinski definition) is 8. The van der Waals surface area contributed by atoms with Crippen LogP contribution in [0.1, 0.15) is 113 Å². The van der Waals surface area contributed by atoms with E-state index in [1.807, 2.05) is 101 Å². The monoisotopic (exact) mass is 2000 g/mol. The third-order valence-electron chi connectivity index (χ3n) is 27.6. The minimum atomic E-state index is -0.201. The van der Waals surface area contributed by atoms with Crippen LogP contribution in [0.2, 0.25) is 40.2 Å². The lowest BCUT2D eigenvalue weighted by Gasteiger charge is -2.42. The van der Waals surface area contributed by atoms with Crippen LogP contribution in [0.4, 0.5) is 34.6 Å². The van der Waals surface area contributed by atoms with E-state index < -0.39 is 0 Å². The quantitative estimate of drug-likeness (QED) is 0.0501. The van der Waals surface area contributed by atoms with Gasteiger partial charge in [0.2, 0.25) is 0 Å². The number of piperidine rings is 4. The van der Waals surface area contributed by atoms with Gasteiger partial charge in [-0.15, -0.1) is 30.6 Å². The third-order valence-corrected chi connectivity index (χ3v) is 36.2. The normalized spacial score (nSPS) is 22.7. The number of rotatable bonds is 14. The summed E-state index contributed by atoms with van der Waals surface area (Å²) < 4.78 is 31.3. The highest BCUT2D eigenvalue weighted by Gasteiger charge is 2.52. The molecule has 8 saturated heterocycles. The molecule has 14 N–H and O–H groups in total. The Morgan fingerprint density at radius 3 is 1.06 bits per heavy atom. The van der Waals surface area contributed by atoms with Gasteiger partial charge in [-0.1, -0.05) is 164 Å². The number of pyridine rings is 4. The van der Waals surface area contributed by atoms with Crippen LogP contribution in [0, 0.1) is 49.4 Å². The fraction of sp³-hybridized carbons (Fsp3) is 0.467. The van der Waals surface area contributed by atoms with Crippen molar-refractivity contribution >= 4 is 197 Å². The molecule has 8 aliphatic heterocycles. The minimum Gasteiger partial charge on any atom is -0.398 e. The molecule has 0 bridgehead atoms. The largest absolute Gasteiger partial charge is 0.398 e. The Morgan fingerprint density at radius 1 is 0.385 bits per heavy atom. The summed E-state index contributed by atoms with van der Waals surface area (Å²) in [7, 11) is 0. The number of aliphatic hydroxyl groups is 2. The van der Waals surface area contributed by atoms with Gasteiger partial charge >= 0.3 is 0 Å². The SMILES string of the molecule is Cc1cc(N2CCC3(CC2)COC(C)C3N)n2c(CO)nnc2c1Sc1cccc(Cl)c1Cl.Cc1nc2c(Sc3cccc(Cl)c3Cl)c(CO)cc(N3CCC4(CC3)COC(C)C4N)n2n1.Cc1nc2c(Sc3cccc(Cl)c3Cl)c(N)cc(N3CCC4(CC3)COC(C)C4N)n2n1.Cc1nnc2c(Sc3cccc(Cl)c3Cl)c(N)cc(N3CCC4(CC3)COC(C)C4N)n12. The van der Waals surface area contributed by atoms with Gasteiger partial charge in [-0.05, 0) is 179 Å². The topological polar surface area (TPSA) is 367 Å². The van der Waals surface area contributed by atoms with Crippen molar-refractivity contribution in [1.82, 2.24) is 58.4 Å². The number of halogens is 8. The van der Waals surface area contributed by atoms with Crippen molar-refractivity contribution in [2.75, 3.05) is 110 Å². The molecule has 28 nitrogen and oxygen atoms in total.